The molecule has 0 N–H and O–H groups in total. The standard InChI is InChI=1S/C21H22ClN3OS/c1-2-3-9-19-20(26)25(15-17-7-5-4-6-8-17)21(27-19)24-23-14-16-10-12-18(22)13-11-16/h4-8,10-14,19H,2-3,9,15H2,1H3. The molecular formula is C21H22ClN3OS. The molecule has 27 heavy (non-hydrogen) atoms. The zero-order valence-corrected chi connectivity index (χ0v) is 16.8. The third-order valence-corrected chi connectivity index (χ3v) is 5.73. The number of hydrogen-bond donors (Lipinski definition) is 0. The van der Waals surface area contributed by atoms with Gasteiger partial charge in [-0.15, -0.1) is 5.10 Å². The van der Waals surface area contributed by atoms with Crippen molar-refractivity contribution in [1.29, 1.82) is 0 Å². The lowest BCUT2D eigenvalue weighted by molar-refractivity contribution is -0.126. The van der Waals surface area contributed by atoms with E-state index in [1.807, 2.05) is 54.6 Å². The molecule has 0 aliphatic carbocycles. The number of halogens is 1. The van der Waals surface area contributed by atoms with Gasteiger partial charge in [-0.2, -0.15) is 5.10 Å². The van der Waals surface area contributed by atoms with Crippen LogP contribution in [0.4, 0.5) is 0 Å². The highest BCUT2D eigenvalue weighted by molar-refractivity contribution is 8.15. The molecule has 1 unspecified atom stereocenters. The summed E-state index contributed by atoms with van der Waals surface area (Å²) in [5.41, 5.74) is 1.99. The average Bonchev–Trinajstić information content (AvgIpc) is 2.98. The van der Waals surface area contributed by atoms with Crippen LogP contribution in [0.1, 0.15) is 37.3 Å². The third-order valence-electron chi connectivity index (χ3n) is 4.24. The van der Waals surface area contributed by atoms with Crippen molar-refractivity contribution in [3.63, 3.8) is 0 Å². The Morgan fingerprint density at radius 3 is 2.59 bits per heavy atom. The molecule has 1 saturated heterocycles. The predicted octanol–water partition coefficient (Wildman–Crippen LogP) is 5.36. The minimum atomic E-state index is -0.0712. The molecule has 4 nitrogen and oxygen atoms in total. The van der Waals surface area contributed by atoms with Gasteiger partial charge in [0.15, 0.2) is 5.17 Å². The second kappa shape index (κ2) is 9.72. The number of nitrogens with zero attached hydrogens (tertiary/aromatic N) is 3. The van der Waals surface area contributed by atoms with Gasteiger partial charge in [-0.25, -0.2) is 0 Å². The van der Waals surface area contributed by atoms with E-state index in [1.165, 1.54) is 11.8 Å². The van der Waals surface area contributed by atoms with Gasteiger partial charge in [-0.1, -0.05) is 85.6 Å². The van der Waals surface area contributed by atoms with Crippen molar-refractivity contribution in [3.05, 3.63) is 70.7 Å². The number of rotatable bonds is 7. The van der Waals surface area contributed by atoms with Crippen LogP contribution >= 0.6 is 23.4 Å². The number of unbranched alkanes of at least 4 members (excludes halogenated alkanes) is 1. The fraction of sp³-hybridized carbons (Fsp3) is 0.286. The highest BCUT2D eigenvalue weighted by Gasteiger charge is 2.37. The van der Waals surface area contributed by atoms with Crippen LogP contribution in [0.2, 0.25) is 5.02 Å². The van der Waals surface area contributed by atoms with E-state index in [4.69, 9.17) is 11.6 Å². The number of hydrogen-bond acceptors (Lipinski definition) is 4. The van der Waals surface area contributed by atoms with Crippen LogP contribution in [0.5, 0.6) is 0 Å². The number of amidine groups is 1. The molecule has 140 valence electrons. The molecule has 1 aliphatic rings. The maximum absolute atomic E-state index is 12.9. The zero-order valence-electron chi connectivity index (χ0n) is 15.2. The van der Waals surface area contributed by atoms with Gasteiger partial charge in [0.05, 0.1) is 18.0 Å². The van der Waals surface area contributed by atoms with Crippen molar-refractivity contribution in [3.8, 4) is 0 Å². The monoisotopic (exact) mass is 399 g/mol. The molecule has 0 spiro atoms. The third kappa shape index (κ3) is 5.44. The van der Waals surface area contributed by atoms with Crippen molar-refractivity contribution in [2.75, 3.05) is 0 Å². The Hall–Kier alpha value is -2.11. The maximum atomic E-state index is 12.9. The normalized spacial score (nSPS) is 18.7. The highest BCUT2D eigenvalue weighted by atomic mass is 35.5. The van der Waals surface area contributed by atoms with Gasteiger partial charge in [-0.05, 0) is 29.7 Å². The predicted molar refractivity (Wildman–Crippen MR) is 114 cm³/mol. The first-order chi connectivity index (χ1) is 13.2. The van der Waals surface area contributed by atoms with E-state index in [9.17, 15) is 4.79 Å². The number of amides is 1. The Kier molecular flexibility index (Phi) is 7.07. The summed E-state index contributed by atoms with van der Waals surface area (Å²) in [6.07, 6.45) is 4.65. The Labute approximate surface area is 169 Å². The molecule has 0 bridgehead atoms. The van der Waals surface area contributed by atoms with E-state index in [2.05, 4.69) is 17.1 Å². The molecule has 0 radical (unpaired) electrons. The molecule has 2 aromatic rings. The van der Waals surface area contributed by atoms with Gasteiger partial charge in [0.2, 0.25) is 5.91 Å². The smallest absolute Gasteiger partial charge is 0.242 e. The van der Waals surface area contributed by atoms with Gasteiger partial charge in [-0.3, -0.25) is 9.69 Å². The second-order valence-corrected chi connectivity index (χ2v) is 7.94. The van der Waals surface area contributed by atoms with E-state index >= 15 is 0 Å². The number of benzene rings is 2. The summed E-state index contributed by atoms with van der Waals surface area (Å²) in [7, 11) is 0. The molecule has 1 fully saturated rings. The minimum Gasteiger partial charge on any atom is -0.284 e. The summed E-state index contributed by atoms with van der Waals surface area (Å²) in [6.45, 7) is 2.65. The van der Waals surface area contributed by atoms with Crippen LogP contribution in [0.3, 0.4) is 0 Å². The zero-order chi connectivity index (χ0) is 19.1. The van der Waals surface area contributed by atoms with Crippen LogP contribution in [-0.2, 0) is 11.3 Å². The van der Waals surface area contributed by atoms with Gasteiger partial charge < -0.3 is 0 Å². The Morgan fingerprint density at radius 1 is 1.15 bits per heavy atom. The van der Waals surface area contributed by atoms with E-state index in [-0.39, 0.29) is 11.2 Å². The largest absolute Gasteiger partial charge is 0.284 e. The quantitative estimate of drug-likeness (QED) is 0.464. The van der Waals surface area contributed by atoms with Crippen LogP contribution in [0, 0.1) is 0 Å². The first-order valence-electron chi connectivity index (χ1n) is 9.06. The van der Waals surface area contributed by atoms with Crippen LogP contribution in [0.25, 0.3) is 0 Å². The topological polar surface area (TPSA) is 45.0 Å². The Balaban J connectivity index is 1.77. The lowest BCUT2D eigenvalue weighted by Gasteiger charge is -2.15. The molecule has 0 aromatic heterocycles. The number of thioether (sulfide) groups is 1. The summed E-state index contributed by atoms with van der Waals surface area (Å²) in [5, 5.41) is 9.82. The summed E-state index contributed by atoms with van der Waals surface area (Å²) in [4.78, 5) is 14.6. The van der Waals surface area contributed by atoms with Gasteiger partial charge >= 0.3 is 0 Å². The fourth-order valence-electron chi connectivity index (χ4n) is 2.76. The van der Waals surface area contributed by atoms with Gasteiger partial charge in [0, 0.05) is 5.02 Å². The van der Waals surface area contributed by atoms with Crippen LogP contribution in [-0.4, -0.2) is 27.4 Å². The van der Waals surface area contributed by atoms with E-state index < -0.39 is 0 Å². The van der Waals surface area contributed by atoms with Crippen molar-refractivity contribution in [2.45, 2.75) is 38.0 Å². The molecule has 2 aromatic carbocycles. The SMILES string of the molecule is CCCCC1SC(=NN=Cc2ccc(Cl)cc2)N(Cc2ccccc2)C1=O. The Morgan fingerprint density at radius 2 is 1.89 bits per heavy atom. The van der Waals surface area contributed by atoms with Crippen molar-refractivity contribution in [1.82, 2.24) is 4.90 Å². The number of carbonyl (C=O) groups excluding carboxylic acids is 1. The van der Waals surface area contributed by atoms with Gasteiger partial charge in [0.1, 0.15) is 0 Å². The van der Waals surface area contributed by atoms with Gasteiger partial charge in [0.25, 0.3) is 0 Å². The molecule has 6 heteroatoms. The van der Waals surface area contributed by atoms with Crippen LogP contribution in [0.15, 0.2) is 64.8 Å². The first kappa shape index (κ1) is 19.6. The lowest BCUT2D eigenvalue weighted by Crippen LogP contribution is -2.31. The fourth-order valence-corrected chi connectivity index (χ4v) is 4.03. The summed E-state index contributed by atoms with van der Waals surface area (Å²) in [5.74, 6) is 0.123. The van der Waals surface area contributed by atoms with Crippen molar-refractivity contribution in [2.24, 2.45) is 10.2 Å². The minimum absolute atomic E-state index is 0.0712. The average molecular weight is 400 g/mol. The van der Waals surface area contributed by atoms with E-state index in [0.29, 0.717) is 16.7 Å². The summed E-state index contributed by atoms with van der Waals surface area (Å²) < 4.78 is 0. The molecule has 1 heterocycles. The lowest BCUT2D eigenvalue weighted by atomic mass is 10.1. The molecule has 1 aliphatic heterocycles. The molecule has 1 amide bonds. The van der Waals surface area contributed by atoms with Crippen molar-refractivity contribution < 1.29 is 4.79 Å². The Bertz CT molecular complexity index is 821. The van der Waals surface area contributed by atoms with E-state index in [0.717, 1.165) is 30.4 Å². The molecule has 0 saturated carbocycles. The van der Waals surface area contributed by atoms with Crippen molar-refractivity contribution >= 4 is 40.7 Å². The highest BCUT2D eigenvalue weighted by Crippen LogP contribution is 2.32. The van der Waals surface area contributed by atoms with E-state index in [1.54, 1.807) is 11.1 Å². The second-order valence-electron chi connectivity index (χ2n) is 6.34. The first-order valence-corrected chi connectivity index (χ1v) is 10.3. The molecule has 3 rings (SSSR count). The summed E-state index contributed by atoms with van der Waals surface area (Å²) >= 11 is 7.41. The summed E-state index contributed by atoms with van der Waals surface area (Å²) in [6, 6.07) is 17.4. The maximum Gasteiger partial charge on any atom is 0.242 e. The number of carbonyl (C=O) groups is 1. The molecule has 1 atom stereocenters. The van der Waals surface area contributed by atoms with Crippen LogP contribution < -0.4 is 0 Å². The molecular weight excluding hydrogens is 378 g/mol.